The molecular formula is C13H14N2O. The summed E-state index contributed by atoms with van der Waals surface area (Å²) in [6.45, 7) is 0.160. The van der Waals surface area contributed by atoms with Crippen LogP contribution in [0, 0.1) is 28.1 Å². The number of nitriles is 2. The summed E-state index contributed by atoms with van der Waals surface area (Å²) in [5, 5.41) is 18.1. The number of benzene rings is 1. The largest absolute Gasteiger partial charge is 0.382 e. The fourth-order valence-electron chi connectivity index (χ4n) is 1.52. The monoisotopic (exact) mass is 214 g/mol. The number of hydrogen-bond donors (Lipinski definition) is 0. The van der Waals surface area contributed by atoms with Crippen molar-refractivity contribution < 1.29 is 4.74 Å². The molecule has 0 amide bonds. The van der Waals surface area contributed by atoms with Gasteiger partial charge in [0.25, 0.3) is 0 Å². The Balaban J connectivity index is 2.65. The first kappa shape index (κ1) is 12.2. The second-order valence-electron chi connectivity index (χ2n) is 3.72. The number of hydrogen-bond acceptors (Lipinski definition) is 3. The van der Waals surface area contributed by atoms with E-state index in [0.29, 0.717) is 12.8 Å². The molecule has 1 aromatic carbocycles. The van der Waals surface area contributed by atoms with Crippen molar-refractivity contribution in [2.24, 2.45) is 5.41 Å². The van der Waals surface area contributed by atoms with E-state index >= 15 is 0 Å². The summed E-state index contributed by atoms with van der Waals surface area (Å²) in [6.07, 6.45) is 1.21. The molecule has 0 aromatic heterocycles. The first-order valence-electron chi connectivity index (χ1n) is 5.12. The first-order chi connectivity index (χ1) is 7.76. The number of methoxy groups -OCH3 is 1. The molecule has 0 aliphatic rings. The molecule has 0 aliphatic heterocycles. The highest BCUT2D eigenvalue weighted by molar-refractivity contribution is 5.19. The predicted molar refractivity (Wildman–Crippen MR) is 60.3 cm³/mol. The first-order valence-corrected chi connectivity index (χ1v) is 5.12. The van der Waals surface area contributed by atoms with Crippen LogP contribution < -0.4 is 0 Å². The Kier molecular flexibility index (Phi) is 4.51. The third-order valence-corrected chi connectivity index (χ3v) is 2.50. The molecule has 0 saturated heterocycles. The van der Waals surface area contributed by atoms with E-state index in [2.05, 4.69) is 12.1 Å². The van der Waals surface area contributed by atoms with Gasteiger partial charge in [0.05, 0.1) is 18.7 Å². The lowest BCUT2D eigenvalue weighted by Gasteiger charge is -2.16. The molecule has 0 bridgehead atoms. The van der Waals surface area contributed by atoms with E-state index in [9.17, 15) is 0 Å². The summed E-state index contributed by atoms with van der Waals surface area (Å²) in [7, 11) is 1.51. The Hall–Kier alpha value is -1.84. The van der Waals surface area contributed by atoms with Gasteiger partial charge in [-0.3, -0.25) is 0 Å². The average Bonchev–Trinajstić information content (AvgIpc) is 2.36. The van der Waals surface area contributed by atoms with Crippen LogP contribution in [0.4, 0.5) is 0 Å². The van der Waals surface area contributed by atoms with Gasteiger partial charge in [-0.1, -0.05) is 30.3 Å². The molecular weight excluding hydrogens is 200 g/mol. The van der Waals surface area contributed by atoms with Gasteiger partial charge < -0.3 is 4.74 Å². The number of nitrogens with zero attached hydrogens (tertiary/aromatic N) is 2. The van der Waals surface area contributed by atoms with E-state index in [1.807, 2.05) is 30.3 Å². The third-order valence-electron chi connectivity index (χ3n) is 2.50. The van der Waals surface area contributed by atoms with E-state index < -0.39 is 5.41 Å². The van der Waals surface area contributed by atoms with Crippen molar-refractivity contribution in [2.75, 3.05) is 13.7 Å². The highest BCUT2D eigenvalue weighted by atomic mass is 16.5. The Morgan fingerprint density at radius 3 is 2.31 bits per heavy atom. The Morgan fingerprint density at radius 2 is 1.81 bits per heavy atom. The van der Waals surface area contributed by atoms with Crippen molar-refractivity contribution in [3.05, 3.63) is 35.9 Å². The maximum atomic E-state index is 9.03. The summed E-state index contributed by atoms with van der Waals surface area (Å²) in [5.74, 6) is 0. The van der Waals surface area contributed by atoms with Gasteiger partial charge in [-0.25, -0.2) is 0 Å². The molecule has 82 valence electrons. The van der Waals surface area contributed by atoms with Gasteiger partial charge in [0, 0.05) is 7.11 Å². The van der Waals surface area contributed by atoms with Crippen molar-refractivity contribution in [1.82, 2.24) is 0 Å². The van der Waals surface area contributed by atoms with Crippen molar-refractivity contribution in [3.8, 4) is 12.1 Å². The van der Waals surface area contributed by atoms with Crippen LogP contribution in [0.1, 0.15) is 12.0 Å². The van der Waals surface area contributed by atoms with E-state index in [-0.39, 0.29) is 6.61 Å². The van der Waals surface area contributed by atoms with Crippen LogP contribution in [0.15, 0.2) is 30.3 Å². The number of ether oxygens (including phenoxy) is 1. The van der Waals surface area contributed by atoms with Crippen LogP contribution in [0.5, 0.6) is 0 Å². The lowest BCUT2D eigenvalue weighted by atomic mass is 9.86. The molecule has 0 atom stereocenters. The molecule has 0 fully saturated rings. The quantitative estimate of drug-likeness (QED) is 0.755. The minimum atomic E-state index is -1.02. The van der Waals surface area contributed by atoms with Crippen molar-refractivity contribution in [3.63, 3.8) is 0 Å². The van der Waals surface area contributed by atoms with Crippen molar-refractivity contribution in [1.29, 1.82) is 10.5 Å². The summed E-state index contributed by atoms with van der Waals surface area (Å²) in [4.78, 5) is 0. The van der Waals surface area contributed by atoms with E-state index in [1.54, 1.807) is 0 Å². The molecule has 0 aliphatic carbocycles. The molecule has 1 rings (SSSR count). The number of aryl methyl sites for hydroxylation is 1. The van der Waals surface area contributed by atoms with Crippen LogP contribution in [0.2, 0.25) is 0 Å². The molecule has 0 N–H and O–H groups in total. The molecule has 3 nitrogen and oxygen atoms in total. The van der Waals surface area contributed by atoms with Gasteiger partial charge >= 0.3 is 0 Å². The fourth-order valence-corrected chi connectivity index (χ4v) is 1.52. The van der Waals surface area contributed by atoms with Crippen molar-refractivity contribution >= 4 is 0 Å². The van der Waals surface area contributed by atoms with Gasteiger partial charge in [0.2, 0.25) is 0 Å². The lowest BCUT2D eigenvalue weighted by molar-refractivity contribution is 0.140. The van der Waals surface area contributed by atoms with Crippen molar-refractivity contribution in [2.45, 2.75) is 12.8 Å². The normalized spacial score (nSPS) is 10.4. The van der Waals surface area contributed by atoms with Crippen LogP contribution in [-0.4, -0.2) is 13.7 Å². The molecule has 0 heterocycles. The van der Waals surface area contributed by atoms with E-state index in [4.69, 9.17) is 15.3 Å². The van der Waals surface area contributed by atoms with Crippen LogP contribution in [-0.2, 0) is 11.2 Å². The van der Waals surface area contributed by atoms with Crippen LogP contribution >= 0.6 is 0 Å². The maximum absolute atomic E-state index is 9.03. The standard InChI is InChI=1S/C13H14N2O/c1-16-11-13(9-14,10-15)8-7-12-5-3-2-4-6-12/h2-6H,7-8,11H2,1H3. The zero-order chi connectivity index (χ0) is 11.9. The number of rotatable bonds is 5. The van der Waals surface area contributed by atoms with Gasteiger partial charge in [-0.2, -0.15) is 10.5 Å². The third kappa shape index (κ3) is 3.08. The zero-order valence-electron chi connectivity index (χ0n) is 9.31. The molecule has 1 aromatic rings. The summed E-state index contributed by atoms with van der Waals surface area (Å²) in [5.41, 5.74) is 0.110. The highest BCUT2D eigenvalue weighted by Gasteiger charge is 2.29. The topological polar surface area (TPSA) is 56.8 Å². The summed E-state index contributed by atoms with van der Waals surface area (Å²) in [6, 6.07) is 13.9. The molecule has 3 heteroatoms. The van der Waals surface area contributed by atoms with E-state index in [1.165, 1.54) is 7.11 Å². The summed E-state index contributed by atoms with van der Waals surface area (Å²) < 4.78 is 4.93. The molecule has 16 heavy (non-hydrogen) atoms. The Morgan fingerprint density at radius 1 is 1.19 bits per heavy atom. The van der Waals surface area contributed by atoms with E-state index in [0.717, 1.165) is 5.56 Å². The van der Waals surface area contributed by atoms with Crippen LogP contribution in [0.25, 0.3) is 0 Å². The average molecular weight is 214 g/mol. The maximum Gasteiger partial charge on any atom is 0.167 e. The molecule has 0 unspecified atom stereocenters. The van der Waals surface area contributed by atoms with Gasteiger partial charge in [0.15, 0.2) is 5.41 Å². The van der Waals surface area contributed by atoms with Crippen LogP contribution in [0.3, 0.4) is 0 Å². The SMILES string of the molecule is COCC(C#N)(C#N)CCc1ccccc1. The lowest BCUT2D eigenvalue weighted by Crippen LogP contribution is -2.23. The summed E-state index contributed by atoms with van der Waals surface area (Å²) >= 11 is 0. The second-order valence-corrected chi connectivity index (χ2v) is 3.72. The zero-order valence-corrected chi connectivity index (χ0v) is 9.31. The van der Waals surface area contributed by atoms with Gasteiger partial charge in [-0.05, 0) is 18.4 Å². The minimum Gasteiger partial charge on any atom is -0.382 e. The Bertz CT molecular complexity index is 386. The Labute approximate surface area is 95.9 Å². The molecule has 0 radical (unpaired) electrons. The minimum absolute atomic E-state index is 0.160. The smallest absolute Gasteiger partial charge is 0.167 e. The van der Waals surface area contributed by atoms with Gasteiger partial charge in [0.1, 0.15) is 0 Å². The predicted octanol–water partition coefficient (Wildman–Crippen LogP) is 2.30. The molecule has 0 spiro atoms. The highest BCUT2D eigenvalue weighted by Crippen LogP contribution is 2.22. The van der Waals surface area contributed by atoms with Gasteiger partial charge in [-0.15, -0.1) is 0 Å². The fraction of sp³-hybridized carbons (Fsp3) is 0.385. The second kappa shape index (κ2) is 5.90. The molecule has 0 saturated carbocycles.